The van der Waals surface area contributed by atoms with Gasteiger partial charge in [-0.3, -0.25) is 4.98 Å². The molecule has 1 aliphatic heterocycles. The average molecular weight is 306 g/mol. The van der Waals surface area contributed by atoms with Crippen LogP contribution in [0.4, 0.5) is 5.82 Å². The molecular formula is C18H18N4O. The Kier molecular flexibility index (Phi) is 3.76. The number of nitrogens with zero attached hydrogens (tertiary/aromatic N) is 4. The van der Waals surface area contributed by atoms with Gasteiger partial charge in [-0.05, 0) is 24.6 Å². The van der Waals surface area contributed by atoms with Crippen LogP contribution in [0.2, 0.25) is 0 Å². The summed E-state index contributed by atoms with van der Waals surface area (Å²) in [6.07, 6.45) is 4.71. The number of benzene rings is 1. The van der Waals surface area contributed by atoms with E-state index in [1.165, 1.54) is 0 Å². The molecule has 0 radical (unpaired) electrons. The van der Waals surface area contributed by atoms with Crippen LogP contribution >= 0.6 is 0 Å². The SMILES string of the molecule is c1ccc(OCC2CCN(c3cnc4ccccc4n3)C2)nc1. The molecule has 1 atom stereocenters. The molecule has 2 aromatic heterocycles. The van der Waals surface area contributed by atoms with Crippen LogP contribution < -0.4 is 9.64 Å². The van der Waals surface area contributed by atoms with E-state index in [1.54, 1.807) is 6.20 Å². The van der Waals surface area contributed by atoms with E-state index in [0.29, 0.717) is 18.4 Å². The summed E-state index contributed by atoms with van der Waals surface area (Å²) in [4.78, 5) is 15.7. The lowest BCUT2D eigenvalue weighted by molar-refractivity contribution is 0.252. The van der Waals surface area contributed by atoms with Gasteiger partial charge in [-0.1, -0.05) is 18.2 Å². The molecule has 5 nitrogen and oxygen atoms in total. The topological polar surface area (TPSA) is 51.1 Å². The van der Waals surface area contributed by atoms with Crippen molar-refractivity contribution in [2.75, 3.05) is 24.6 Å². The Labute approximate surface area is 135 Å². The van der Waals surface area contributed by atoms with Gasteiger partial charge in [0.05, 0.1) is 23.8 Å². The maximum Gasteiger partial charge on any atom is 0.213 e. The van der Waals surface area contributed by atoms with E-state index in [4.69, 9.17) is 9.72 Å². The Hall–Kier alpha value is -2.69. The number of anilines is 1. The first-order valence-electron chi connectivity index (χ1n) is 7.89. The highest BCUT2D eigenvalue weighted by atomic mass is 16.5. The molecule has 3 heterocycles. The van der Waals surface area contributed by atoms with Crippen LogP contribution in [0, 0.1) is 5.92 Å². The van der Waals surface area contributed by atoms with Gasteiger partial charge in [-0.15, -0.1) is 0 Å². The van der Waals surface area contributed by atoms with E-state index < -0.39 is 0 Å². The van der Waals surface area contributed by atoms with Crippen LogP contribution in [0.5, 0.6) is 5.88 Å². The summed E-state index contributed by atoms with van der Waals surface area (Å²) in [5, 5.41) is 0. The fourth-order valence-electron chi connectivity index (χ4n) is 2.91. The zero-order valence-electron chi connectivity index (χ0n) is 12.8. The van der Waals surface area contributed by atoms with Crippen molar-refractivity contribution in [3.05, 3.63) is 54.9 Å². The number of para-hydroxylation sites is 2. The zero-order valence-corrected chi connectivity index (χ0v) is 12.8. The summed E-state index contributed by atoms with van der Waals surface area (Å²) < 4.78 is 5.77. The van der Waals surface area contributed by atoms with Crippen molar-refractivity contribution in [3.63, 3.8) is 0 Å². The lowest BCUT2D eigenvalue weighted by Gasteiger charge is -2.17. The molecule has 1 unspecified atom stereocenters. The molecule has 0 bridgehead atoms. The van der Waals surface area contributed by atoms with Crippen LogP contribution in [0.25, 0.3) is 11.0 Å². The van der Waals surface area contributed by atoms with Crippen molar-refractivity contribution >= 4 is 16.9 Å². The summed E-state index contributed by atoms with van der Waals surface area (Å²) in [7, 11) is 0. The predicted molar refractivity (Wildman–Crippen MR) is 89.6 cm³/mol. The molecule has 0 saturated carbocycles. The highest BCUT2D eigenvalue weighted by Gasteiger charge is 2.24. The van der Waals surface area contributed by atoms with Crippen molar-refractivity contribution in [2.24, 2.45) is 5.92 Å². The van der Waals surface area contributed by atoms with Crippen molar-refractivity contribution < 1.29 is 4.74 Å². The Morgan fingerprint density at radius 3 is 2.78 bits per heavy atom. The van der Waals surface area contributed by atoms with Gasteiger partial charge in [0.1, 0.15) is 5.82 Å². The highest BCUT2D eigenvalue weighted by Crippen LogP contribution is 2.23. The van der Waals surface area contributed by atoms with Gasteiger partial charge in [-0.2, -0.15) is 0 Å². The van der Waals surface area contributed by atoms with E-state index in [9.17, 15) is 0 Å². The molecule has 0 amide bonds. The number of aromatic nitrogens is 3. The normalized spacial score (nSPS) is 17.6. The first-order valence-corrected chi connectivity index (χ1v) is 7.89. The fourth-order valence-corrected chi connectivity index (χ4v) is 2.91. The third-order valence-electron chi connectivity index (χ3n) is 4.15. The minimum Gasteiger partial charge on any atom is -0.477 e. The molecule has 0 spiro atoms. The standard InChI is InChI=1S/C18H18N4O/c1-2-6-16-15(5-1)20-11-17(21-16)22-10-8-14(12-22)13-23-18-7-3-4-9-19-18/h1-7,9,11,14H,8,10,12-13H2. The molecular weight excluding hydrogens is 288 g/mol. The monoisotopic (exact) mass is 306 g/mol. The highest BCUT2D eigenvalue weighted by molar-refractivity contribution is 5.75. The third kappa shape index (κ3) is 3.08. The number of pyridine rings is 1. The maximum absolute atomic E-state index is 5.77. The summed E-state index contributed by atoms with van der Waals surface area (Å²) in [5.41, 5.74) is 1.88. The van der Waals surface area contributed by atoms with E-state index >= 15 is 0 Å². The fraction of sp³-hybridized carbons (Fsp3) is 0.278. The average Bonchev–Trinajstić information content (AvgIpc) is 3.09. The number of fused-ring (bicyclic) bond motifs is 1. The number of ether oxygens (including phenoxy) is 1. The zero-order chi connectivity index (χ0) is 15.5. The minimum absolute atomic E-state index is 0.491. The summed E-state index contributed by atoms with van der Waals surface area (Å²) in [5.74, 6) is 2.13. The Bertz CT molecular complexity index is 793. The Morgan fingerprint density at radius 1 is 1.04 bits per heavy atom. The summed E-state index contributed by atoms with van der Waals surface area (Å²) in [6.45, 7) is 2.62. The van der Waals surface area contributed by atoms with E-state index in [0.717, 1.165) is 36.4 Å². The smallest absolute Gasteiger partial charge is 0.213 e. The van der Waals surface area contributed by atoms with Crippen LogP contribution in [-0.2, 0) is 0 Å². The lowest BCUT2D eigenvalue weighted by Crippen LogP contribution is -2.23. The lowest BCUT2D eigenvalue weighted by atomic mass is 10.1. The van der Waals surface area contributed by atoms with Crippen LogP contribution in [0.15, 0.2) is 54.9 Å². The maximum atomic E-state index is 5.77. The van der Waals surface area contributed by atoms with Crippen LogP contribution in [-0.4, -0.2) is 34.6 Å². The quantitative estimate of drug-likeness (QED) is 0.742. The molecule has 0 N–H and O–H groups in total. The molecule has 1 saturated heterocycles. The van der Waals surface area contributed by atoms with Gasteiger partial charge < -0.3 is 9.64 Å². The van der Waals surface area contributed by atoms with Crippen molar-refractivity contribution in [3.8, 4) is 5.88 Å². The molecule has 23 heavy (non-hydrogen) atoms. The van der Waals surface area contributed by atoms with Gasteiger partial charge in [-0.25, -0.2) is 9.97 Å². The number of hydrogen-bond donors (Lipinski definition) is 0. The molecule has 1 aromatic carbocycles. The number of rotatable bonds is 4. The van der Waals surface area contributed by atoms with Gasteiger partial charge in [0, 0.05) is 31.3 Å². The Morgan fingerprint density at radius 2 is 1.91 bits per heavy atom. The van der Waals surface area contributed by atoms with Gasteiger partial charge in [0.2, 0.25) is 5.88 Å². The second kappa shape index (κ2) is 6.20. The third-order valence-corrected chi connectivity index (χ3v) is 4.15. The van der Waals surface area contributed by atoms with Gasteiger partial charge in [0.15, 0.2) is 0 Å². The van der Waals surface area contributed by atoms with Crippen molar-refractivity contribution in [1.29, 1.82) is 0 Å². The molecule has 5 heteroatoms. The van der Waals surface area contributed by atoms with Crippen LogP contribution in [0.3, 0.4) is 0 Å². The molecule has 3 aromatic rings. The van der Waals surface area contributed by atoms with Crippen LogP contribution in [0.1, 0.15) is 6.42 Å². The van der Waals surface area contributed by atoms with E-state index in [1.807, 2.05) is 48.7 Å². The predicted octanol–water partition coefficient (Wildman–Crippen LogP) is 2.93. The van der Waals surface area contributed by atoms with E-state index in [-0.39, 0.29) is 0 Å². The second-order valence-corrected chi connectivity index (χ2v) is 5.80. The molecule has 4 rings (SSSR count). The number of hydrogen-bond acceptors (Lipinski definition) is 5. The summed E-state index contributed by atoms with van der Waals surface area (Å²) >= 11 is 0. The molecule has 1 fully saturated rings. The summed E-state index contributed by atoms with van der Waals surface area (Å²) in [6, 6.07) is 13.7. The van der Waals surface area contributed by atoms with Gasteiger partial charge >= 0.3 is 0 Å². The van der Waals surface area contributed by atoms with Crippen molar-refractivity contribution in [2.45, 2.75) is 6.42 Å². The largest absolute Gasteiger partial charge is 0.477 e. The van der Waals surface area contributed by atoms with E-state index in [2.05, 4.69) is 14.9 Å². The molecule has 0 aliphatic carbocycles. The van der Waals surface area contributed by atoms with Crippen molar-refractivity contribution in [1.82, 2.24) is 15.0 Å². The first kappa shape index (κ1) is 13.9. The Balaban J connectivity index is 1.41. The first-order chi connectivity index (χ1) is 11.4. The van der Waals surface area contributed by atoms with Gasteiger partial charge in [0.25, 0.3) is 0 Å². The second-order valence-electron chi connectivity index (χ2n) is 5.80. The minimum atomic E-state index is 0.491. The molecule has 1 aliphatic rings. The molecule has 116 valence electrons.